The summed E-state index contributed by atoms with van der Waals surface area (Å²) in [4.78, 5) is 13.9. The average molecular weight is 299 g/mol. The van der Waals surface area contributed by atoms with Crippen LogP contribution in [-0.2, 0) is 17.7 Å². The summed E-state index contributed by atoms with van der Waals surface area (Å²) in [7, 11) is 0. The fraction of sp³-hybridized carbons (Fsp3) is 0.412. The molecule has 2 heterocycles. The summed E-state index contributed by atoms with van der Waals surface area (Å²) >= 11 is 0. The van der Waals surface area contributed by atoms with Crippen LogP contribution in [0.1, 0.15) is 31.9 Å². The van der Waals surface area contributed by atoms with Gasteiger partial charge in [-0.1, -0.05) is 6.07 Å². The molecule has 0 N–H and O–H groups in total. The van der Waals surface area contributed by atoms with Crippen LogP contribution in [0.15, 0.2) is 36.7 Å². The first kappa shape index (κ1) is 14.6. The Morgan fingerprint density at radius 2 is 2.09 bits per heavy atom. The van der Waals surface area contributed by atoms with Gasteiger partial charge < -0.3 is 9.64 Å². The zero-order chi connectivity index (χ0) is 15.7. The van der Waals surface area contributed by atoms with E-state index < -0.39 is 5.60 Å². The lowest BCUT2D eigenvalue weighted by molar-refractivity contribution is 0.0224. The third-order valence-corrected chi connectivity index (χ3v) is 3.62. The first-order valence-corrected chi connectivity index (χ1v) is 7.52. The van der Waals surface area contributed by atoms with E-state index in [9.17, 15) is 4.79 Å². The minimum atomic E-state index is -0.457. The second-order valence-electron chi connectivity index (χ2n) is 6.56. The summed E-state index contributed by atoms with van der Waals surface area (Å²) in [6.07, 6.45) is 4.29. The molecule has 3 rings (SSSR count). The topological polar surface area (TPSA) is 47.4 Å². The zero-order valence-electron chi connectivity index (χ0n) is 13.2. The first-order valence-electron chi connectivity index (χ1n) is 7.52. The SMILES string of the molecule is CC(C)(C)OC(=O)N1CCc2cc(-n3cccn3)ccc2C1. The maximum Gasteiger partial charge on any atom is 0.410 e. The van der Waals surface area contributed by atoms with Gasteiger partial charge in [0.2, 0.25) is 0 Å². The second-order valence-corrected chi connectivity index (χ2v) is 6.56. The van der Waals surface area contributed by atoms with Crippen molar-refractivity contribution in [3.05, 3.63) is 47.8 Å². The van der Waals surface area contributed by atoms with Gasteiger partial charge in [0.05, 0.1) is 5.69 Å². The monoisotopic (exact) mass is 299 g/mol. The van der Waals surface area contributed by atoms with E-state index in [1.54, 1.807) is 11.1 Å². The van der Waals surface area contributed by atoms with Gasteiger partial charge in [0.15, 0.2) is 0 Å². The lowest BCUT2D eigenvalue weighted by atomic mass is 9.99. The largest absolute Gasteiger partial charge is 0.444 e. The smallest absolute Gasteiger partial charge is 0.410 e. The number of ether oxygens (including phenoxy) is 1. The van der Waals surface area contributed by atoms with Crippen molar-refractivity contribution < 1.29 is 9.53 Å². The Kier molecular flexibility index (Phi) is 3.64. The Balaban J connectivity index is 1.76. The Labute approximate surface area is 130 Å². The molecule has 1 aromatic heterocycles. The van der Waals surface area contributed by atoms with E-state index in [0.717, 1.165) is 12.1 Å². The fourth-order valence-electron chi connectivity index (χ4n) is 2.59. The molecule has 0 radical (unpaired) electrons. The molecule has 5 heteroatoms. The molecule has 0 aliphatic carbocycles. The number of benzene rings is 1. The molecule has 116 valence electrons. The van der Waals surface area contributed by atoms with Crippen molar-refractivity contribution in [3.63, 3.8) is 0 Å². The third-order valence-electron chi connectivity index (χ3n) is 3.62. The molecule has 1 aliphatic heterocycles. The number of hydrogen-bond donors (Lipinski definition) is 0. The highest BCUT2D eigenvalue weighted by molar-refractivity contribution is 5.68. The van der Waals surface area contributed by atoms with Crippen LogP contribution >= 0.6 is 0 Å². The van der Waals surface area contributed by atoms with Crippen LogP contribution in [-0.4, -0.2) is 32.9 Å². The van der Waals surface area contributed by atoms with Crippen LogP contribution in [0.4, 0.5) is 4.79 Å². The summed E-state index contributed by atoms with van der Waals surface area (Å²) in [6.45, 7) is 6.95. The number of nitrogens with zero attached hydrogens (tertiary/aromatic N) is 3. The maximum atomic E-state index is 12.2. The highest BCUT2D eigenvalue weighted by Gasteiger charge is 2.25. The van der Waals surface area contributed by atoms with Crippen molar-refractivity contribution in [2.75, 3.05) is 6.54 Å². The lowest BCUT2D eigenvalue weighted by Gasteiger charge is -2.31. The van der Waals surface area contributed by atoms with Gasteiger partial charge in [0.1, 0.15) is 5.60 Å². The number of aromatic nitrogens is 2. The number of carbonyl (C=O) groups is 1. The molecule has 0 bridgehead atoms. The minimum absolute atomic E-state index is 0.241. The molecule has 2 aromatic rings. The number of carbonyl (C=O) groups excluding carboxylic acids is 1. The van der Waals surface area contributed by atoms with Crippen LogP contribution in [0, 0.1) is 0 Å². The first-order chi connectivity index (χ1) is 10.4. The van der Waals surface area contributed by atoms with Crippen molar-refractivity contribution in [1.29, 1.82) is 0 Å². The molecule has 1 aromatic carbocycles. The van der Waals surface area contributed by atoms with E-state index in [4.69, 9.17) is 4.74 Å². The van der Waals surface area contributed by atoms with Crippen LogP contribution < -0.4 is 0 Å². The van der Waals surface area contributed by atoms with Gasteiger partial charge in [-0.15, -0.1) is 0 Å². The van der Waals surface area contributed by atoms with Gasteiger partial charge in [0, 0.05) is 25.5 Å². The molecule has 0 atom stereocenters. The number of amides is 1. The molecule has 1 amide bonds. The summed E-state index contributed by atoms with van der Waals surface area (Å²) in [5.74, 6) is 0. The van der Waals surface area contributed by atoms with Crippen LogP contribution in [0.5, 0.6) is 0 Å². The van der Waals surface area contributed by atoms with E-state index in [0.29, 0.717) is 13.1 Å². The van der Waals surface area contributed by atoms with Gasteiger partial charge >= 0.3 is 6.09 Å². The van der Waals surface area contributed by atoms with E-state index in [1.807, 2.05) is 43.8 Å². The van der Waals surface area contributed by atoms with Crippen molar-refractivity contribution in [2.45, 2.75) is 39.3 Å². The van der Waals surface area contributed by atoms with Gasteiger partial charge in [-0.2, -0.15) is 5.10 Å². The number of rotatable bonds is 1. The standard InChI is InChI=1S/C17H21N3O2/c1-17(2,3)22-16(21)19-10-7-13-11-15(6-5-14(13)12-19)20-9-4-8-18-20/h4-6,8-9,11H,7,10,12H2,1-3H3. The molecule has 0 fully saturated rings. The van der Waals surface area contributed by atoms with Crippen LogP contribution in [0.25, 0.3) is 5.69 Å². The summed E-state index contributed by atoms with van der Waals surface area (Å²) in [5, 5.41) is 4.25. The Morgan fingerprint density at radius 3 is 2.77 bits per heavy atom. The highest BCUT2D eigenvalue weighted by Crippen LogP contribution is 2.23. The zero-order valence-corrected chi connectivity index (χ0v) is 13.2. The normalized spacial score (nSPS) is 14.6. The van der Waals surface area contributed by atoms with Gasteiger partial charge in [-0.3, -0.25) is 0 Å². The van der Waals surface area contributed by atoms with Gasteiger partial charge in [-0.05, 0) is 56.5 Å². The van der Waals surface area contributed by atoms with E-state index >= 15 is 0 Å². The number of fused-ring (bicyclic) bond motifs is 1. The van der Waals surface area contributed by atoms with Crippen molar-refractivity contribution in [1.82, 2.24) is 14.7 Å². The van der Waals surface area contributed by atoms with Crippen molar-refractivity contribution in [3.8, 4) is 5.69 Å². The molecule has 5 nitrogen and oxygen atoms in total. The molecule has 1 aliphatic rings. The number of hydrogen-bond acceptors (Lipinski definition) is 3. The van der Waals surface area contributed by atoms with Gasteiger partial charge in [-0.25, -0.2) is 9.48 Å². The maximum absolute atomic E-state index is 12.2. The Hall–Kier alpha value is -2.30. The highest BCUT2D eigenvalue weighted by atomic mass is 16.6. The summed E-state index contributed by atoms with van der Waals surface area (Å²) < 4.78 is 7.30. The Morgan fingerprint density at radius 1 is 1.27 bits per heavy atom. The van der Waals surface area contributed by atoms with E-state index in [2.05, 4.69) is 17.2 Å². The molecule has 0 saturated heterocycles. The van der Waals surface area contributed by atoms with Crippen LogP contribution in [0.2, 0.25) is 0 Å². The van der Waals surface area contributed by atoms with Gasteiger partial charge in [0.25, 0.3) is 0 Å². The molecule has 0 spiro atoms. The molecule has 0 unspecified atom stereocenters. The molecular weight excluding hydrogens is 278 g/mol. The lowest BCUT2D eigenvalue weighted by Crippen LogP contribution is -2.39. The van der Waals surface area contributed by atoms with Crippen molar-refractivity contribution in [2.24, 2.45) is 0 Å². The molecule has 22 heavy (non-hydrogen) atoms. The van der Waals surface area contributed by atoms with E-state index in [1.165, 1.54) is 11.1 Å². The fourth-order valence-corrected chi connectivity index (χ4v) is 2.59. The predicted octanol–water partition coefficient (Wildman–Crippen LogP) is 3.17. The molecular formula is C17H21N3O2. The van der Waals surface area contributed by atoms with E-state index in [-0.39, 0.29) is 6.09 Å². The quantitative estimate of drug-likeness (QED) is 0.812. The summed E-state index contributed by atoms with van der Waals surface area (Å²) in [5.41, 5.74) is 3.04. The Bertz CT molecular complexity index is 672. The second kappa shape index (κ2) is 5.48. The average Bonchev–Trinajstić information content (AvgIpc) is 2.98. The molecule has 0 saturated carbocycles. The minimum Gasteiger partial charge on any atom is -0.444 e. The van der Waals surface area contributed by atoms with Crippen LogP contribution in [0.3, 0.4) is 0 Å². The summed E-state index contributed by atoms with van der Waals surface area (Å²) in [6, 6.07) is 8.16. The predicted molar refractivity (Wildman–Crippen MR) is 83.9 cm³/mol. The third kappa shape index (κ3) is 3.13. The van der Waals surface area contributed by atoms with Crippen molar-refractivity contribution >= 4 is 6.09 Å².